The molecule has 2 aliphatic rings. The Morgan fingerprint density at radius 1 is 0.732 bits per heavy atom. The summed E-state index contributed by atoms with van der Waals surface area (Å²) in [5, 5.41) is 12.3. The van der Waals surface area contributed by atoms with Gasteiger partial charge in [-0.15, -0.1) is 0 Å². The number of rotatable bonds is 3. The molecule has 2 unspecified atom stereocenters. The molecule has 0 saturated heterocycles. The maximum absolute atomic E-state index is 9.84. The number of hydrogen-bond acceptors (Lipinski definition) is 1. The van der Waals surface area contributed by atoms with Crippen molar-refractivity contribution in [3.05, 3.63) is 167 Å². The van der Waals surface area contributed by atoms with Gasteiger partial charge in [0.2, 0.25) is 0 Å². The van der Waals surface area contributed by atoms with Gasteiger partial charge >= 0.3 is 0 Å². The van der Waals surface area contributed by atoms with Gasteiger partial charge in [0, 0.05) is 16.5 Å². The van der Waals surface area contributed by atoms with Crippen molar-refractivity contribution in [1.82, 2.24) is 4.57 Å². The summed E-state index contributed by atoms with van der Waals surface area (Å²) in [5.74, 6) is -0.109. The van der Waals surface area contributed by atoms with Crippen LogP contribution in [0.1, 0.15) is 34.2 Å². The Bertz CT molecular complexity index is 2080. The molecule has 41 heavy (non-hydrogen) atoms. The van der Waals surface area contributed by atoms with Gasteiger partial charge in [-0.1, -0.05) is 109 Å². The minimum atomic E-state index is -0.472. The SMILES string of the molecule is Cc1ccc(C2(c3ccc4c(c3)c3ccccc3n4-c3ccccc3)C3=C(CC(C#N)C=C3)c3ccccc32)cc1. The van der Waals surface area contributed by atoms with E-state index in [4.69, 9.17) is 0 Å². The lowest BCUT2D eigenvalue weighted by Gasteiger charge is -2.35. The number of nitriles is 1. The van der Waals surface area contributed by atoms with Gasteiger partial charge in [-0.25, -0.2) is 0 Å². The first kappa shape index (κ1) is 23.7. The average Bonchev–Trinajstić information content (AvgIpc) is 3.52. The molecular weight excluding hydrogens is 496 g/mol. The van der Waals surface area contributed by atoms with Crippen molar-refractivity contribution in [2.45, 2.75) is 18.8 Å². The number of hydrogen-bond donors (Lipinski definition) is 0. The summed E-state index contributed by atoms with van der Waals surface area (Å²) in [6.45, 7) is 2.15. The fraction of sp³-hybridized carbons (Fsp3) is 0.103. The van der Waals surface area contributed by atoms with E-state index in [9.17, 15) is 5.26 Å². The summed E-state index contributed by atoms with van der Waals surface area (Å²) in [6.07, 6.45) is 5.08. The van der Waals surface area contributed by atoms with E-state index in [0.717, 1.165) is 12.1 Å². The molecule has 0 bridgehead atoms. The van der Waals surface area contributed by atoms with E-state index in [0.29, 0.717) is 0 Å². The molecule has 0 saturated carbocycles. The Hall–Kier alpha value is -5.13. The first-order valence-corrected chi connectivity index (χ1v) is 14.3. The number of aryl methyl sites for hydroxylation is 1. The second-order valence-corrected chi connectivity index (χ2v) is 11.3. The van der Waals surface area contributed by atoms with E-state index < -0.39 is 5.41 Å². The van der Waals surface area contributed by atoms with Crippen LogP contribution in [0.15, 0.2) is 139 Å². The van der Waals surface area contributed by atoms with E-state index >= 15 is 0 Å². The molecule has 2 heteroatoms. The molecule has 1 heterocycles. The summed E-state index contributed by atoms with van der Waals surface area (Å²) in [4.78, 5) is 0. The highest BCUT2D eigenvalue weighted by molar-refractivity contribution is 6.10. The highest BCUT2D eigenvalue weighted by Gasteiger charge is 2.48. The van der Waals surface area contributed by atoms with Crippen LogP contribution in [0, 0.1) is 24.2 Å². The quantitative estimate of drug-likeness (QED) is 0.227. The third-order valence-corrected chi connectivity index (χ3v) is 9.07. The molecule has 2 nitrogen and oxygen atoms in total. The Balaban J connectivity index is 1.48. The van der Waals surface area contributed by atoms with Crippen molar-refractivity contribution in [2.24, 2.45) is 5.92 Å². The number of benzene rings is 5. The highest BCUT2D eigenvalue weighted by Crippen LogP contribution is 2.57. The van der Waals surface area contributed by atoms with E-state index in [-0.39, 0.29) is 5.92 Å². The molecule has 8 rings (SSSR count). The molecule has 2 atom stereocenters. The smallest absolute Gasteiger partial charge is 0.0710 e. The lowest BCUT2D eigenvalue weighted by Crippen LogP contribution is -2.30. The van der Waals surface area contributed by atoms with Crippen molar-refractivity contribution >= 4 is 27.4 Å². The average molecular weight is 525 g/mol. The summed E-state index contributed by atoms with van der Waals surface area (Å²) in [6, 6.07) is 46.8. The normalized spacial score (nSPS) is 19.4. The number of fused-ring (bicyclic) bond motifs is 5. The molecule has 2 aliphatic carbocycles. The van der Waals surface area contributed by atoms with Crippen LogP contribution in [0.3, 0.4) is 0 Å². The molecule has 0 fully saturated rings. The van der Waals surface area contributed by atoms with Crippen LogP contribution in [-0.4, -0.2) is 4.57 Å². The van der Waals surface area contributed by atoms with Crippen molar-refractivity contribution in [3.8, 4) is 11.8 Å². The van der Waals surface area contributed by atoms with Crippen LogP contribution in [0.25, 0.3) is 33.1 Å². The van der Waals surface area contributed by atoms with E-state index in [1.165, 1.54) is 60.8 Å². The van der Waals surface area contributed by atoms with E-state index in [2.05, 4.69) is 151 Å². The van der Waals surface area contributed by atoms with Gasteiger partial charge in [0.1, 0.15) is 0 Å². The fourth-order valence-electron chi connectivity index (χ4n) is 7.28. The van der Waals surface area contributed by atoms with E-state index in [1.54, 1.807) is 0 Å². The molecule has 0 aliphatic heterocycles. The lowest BCUT2D eigenvalue weighted by atomic mass is 9.66. The van der Waals surface area contributed by atoms with Crippen molar-refractivity contribution in [3.63, 3.8) is 0 Å². The Morgan fingerprint density at radius 2 is 1.44 bits per heavy atom. The zero-order valence-corrected chi connectivity index (χ0v) is 22.9. The zero-order chi connectivity index (χ0) is 27.6. The third kappa shape index (κ3) is 3.30. The standard InChI is InChI=1S/C39H28N2/c1-26-15-18-28(19-16-26)39(35-13-7-5-11-31(35)33-23-27(25-40)17-21-36(33)39)29-20-22-38-34(24-29)32-12-6-8-14-37(32)41(38)30-9-3-2-4-10-30/h2-22,24,27H,23H2,1H3. The van der Waals surface area contributed by atoms with Gasteiger partial charge < -0.3 is 4.57 Å². The van der Waals surface area contributed by atoms with Gasteiger partial charge in [0.25, 0.3) is 0 Å². The Kier molecular flexibility index (Phi) is 5.18. The largest absolute Gasteiger partial charge is 0.309 e. The molecule has 0 amide bonds. The Morgan fingerprint density at radius 3 is 2.27 bits per heavy atom. The number of allylic oxidation sites excluding steroid dienone is 4. The fourth-order valence-corrected chi connectivity index (χ4v) is 7.28. The molecule has 0 N–H and O–H groups in total. The van der Waals surface area contributed by atoms with Crippen LogP contribution < -0.4 is 0 Å². The van der Waals surface area contributed by atoms with Gasteiger partial charge in [-0.05, 0) is 77.1 Å². The predicted octanol–water partition coefficient (Wildman–Crippen LogP) is 9.29. The third-order valence-electron chi connectivity index (χ3n) is 9.07. The highest BCUT2D eigenvalue weighted by atomic mass is 15.0. The summed E-state index contributed by atoms with van der Waals surface area (Å²) in [7, 11) is 0. The van der Waals surface area contributed by atoms with Crippen LogP contribution in [-0.2, 0) is 5.41 Å². The van der Waals surface area contributed by atoms with Crippen LogP contribution >= 0.6 is 0 Å². The van der Waals surface area contributed by atoms with Crippen LogP contribution in [0.4, 0.5) is 0 Å². The molecular formula is C39H28N2. The summed E-state index contributed by atoms with van der Waals surface area (Å²) < 4.78 is 2.37. The lowest BCUT2D eigenvalue weighted by molar-refractivity contribution is 0.748. The second kappa shape index (κ2) is 8.95. The number of para-hydroxylation sites is 2. The minimum absolute atomic E-state index is 0.109. The van der Waals surface area contributed by atoms with E-state index in [1.807, 2.05) is 0 Å². The van der Waals surface area contributed by atoms with Crippen molar-refractivity contribution in [1.29, 1.82) is 5.26 Å². The number of nitrogens with zero attached hydrogens (tertiary/aromatic N) is 2. The van der Waals surface area contributed by atoms with Crippen molar-refractivity contribution < 1.29 is 0 Å². The van der Waals surface area contributed by atoms with Crippen LogP contribution in [0.2, 0.25) is 0 Å². The first-order valence-electron chi connectivity index (χ1n) is 14.3. The maximum Gasteiger partial charge on any atom is 0.0710 e. The molecule has 1 aromatic heterocycles. The second-order valence-electron chi connectivity index (χ2n) is 11.3. The summed E-state index contributed by atoms with van der Waals surface area (Å²) >= 11 is 0. The Labute approximate surface area is 240 Å². The maximum atomic E-state index is 9.84. The van der Waals surface area contributed by atoms with Gasteiger partial charge in [0.15, 0.2) is 0 Å². The number of aromatic nitrogens is 1. The minimum Gasteiger partial charge on any atom is -0.309 e. The monoisotopic (exact) mass is 524 g/mol. The molecule has 0 spiro atoms. The molecule has 5 aromatic carbocycles. The summed E-state index contributed by atoms with van der Waals surface area (Å²) in [5.41, 5.74) is 12.0. The molecule has 0 radical (unpaired) electrons. The molecule has 6 aromatic rings. The van der Waals surface area contributed by atoms with Gasteiger partial charge in [-0.2, -0.15) is 5.26 Å². The predicted molar refractivity (Wildman–Crippen MR) is 168 cm³/mol. The van der Waals surface area contributed by atoms with Crippen molar-refractivity contribution in [2.75, 3.05) is 0 Å². The zero-order valence-electron chi connectivity index (χ0n) is 22.9. The van der Waals surface area contributed by atoms with Gasteiger partial charge in [0.05, 0.1) is 28.4 Å². The van der Waals surface area contributed by atoms with Gasteiger partial charge in [-0.3, -0.25) is 0 Å². The first-order chi connectivity index (χ1) is 20.2. The molecule has 194 valence electrons. The topological polar surface area (TPSA) is 28.7 Å². The van der Waals surface area contributed by atoms with Crippen LogP contribution in [0.5, 0.6) is 0 Å².